The lowest BCUT2D eigenvalue weighted by Crippen LogP contribution is -2.16. The summed E-state index contributed by atoms with van der Waals surface area (Å²) in [7, 11) is 1.96. The lowest BCUT2D eigenvalue weighted by molar-refractivity contribution is 0.286. The van der Waals surface area contributed by atoms with Crippen molar-refractivity contribution in [3.05, 3.63) is 17.0 Å². The molecule has 1 aromatic rings. The Kier molecular flexibility index (Phi) is 4.10. The quantitative estimate of drug-likeness (QED) is 0.676. The van der Waals surface area contributed by atoms with Crippen molar-refractivity contribution in [3.63, 3.8) is 0 Å². The molecule has 0 unspecified atom stereocenters. The van der Waals surface area contributed by atoms with Gasteiger partial charge in [0, 0.05) is 31.5 Å². The number of hydrogen-bond donors (Lipinski definition) is 2. The molecule has 4 nitrogen and oxygen atoms in total. The SMILES string of the molecule is Cc1nn(C)c(C)c1CNCCCO. The Hall–Kier alpha value is -0.870. The topological polar surface area (TPSA) is 50.1 Å². The Morgan fingerprint density at radius 2 is 2.14 bits per heavy atom. The normalized spacial score (nSPS) is 10.9. The maximum atomic E-state index is 8.62. The molecule has 4 heteroatoms. The number of hydrogen-bond acceptors (Lipinski definition) is 3. The van der Waals surface area contributed by atoms with E-state index in [9.17, 15) is 0 Å². The monoisotopic (exact) mass is 197 g/mol. The van der Waals surface area contributed by atoms with E-state index in [2.05, 4.69) is 17.3 Å². The van der Waals surface area contributed by atoms with Crippen LogP contribution in [0.5, 0.6) is 0 Å². The number of aliphatic hydroxyl groups excluding tert-OH is 1. The van der Waals surface area contributed by atoms with Crippen LogP contribution in [0.15, 0.2) is 0 Å². The van der Waals surface area contributed by atoms with Gasteiger partial charge in [0.15, 0.2) is 0 Å². The minimum Gasteiger partial charge on any atom is -0.396 e. The van der Waals surface area contributed by atoms with Gasteiger partial charge in [0.25, 0.3) is 0 Å². The van der Waals surface area contributed by atoms with Gasteiger partial charge in [-0.15, -0.1) is 0 Å². The third kappa shape index (κ3) is 2.56. The maximum absolute atomic E-state index is 8.62. The standard InChI is InChI=1S/C10H19N3O/c1-8-10(7-11-5-4-6-14)9(2)13(3)12-8/h11,14H,4-7H2,1-3H3. The van der Waals surface area contributed by atoms with Gasteiger partial charge in [-0.25, -0.2) is 0 Å². The van der Waals surface area contributed by atoms with Crippen molar-refractivity contribution in [2.75, 3.05) is 13.2 Å². The molecule has 1 aromatic heterocycles. The van der Waals surface area contributed by atoms with E-state index in [1.807, 2.05) is 18.7 Å². The minimum absolute atomic E-state index is 0.248. The summed E-state index contributed by atoms with van der Waals surface area (Å²) in [5, 5.41) is 16.2. The molecule has 0 aliphatic rings. The smallest absolute Gasteiger partial charge is 0.0641 e. The van der Waals surface area contributed by atoms with Crippen LogP contribution >= 0.6 is 0 Å². The van der Waals surface area contributed by atoms with E-state index in [-0.39, 0.29) is 6.61 Å². The van der Waals surface area contributed by atoms with Crippen LogP contribution in [0, 0.1) is 13.8 Å². The summed E-state index contributed by atoms with van der Waals surface area (Å²) >= 11 is 0. The highest BCUT2D eigenvalue weighted by atomic mass is 16.3. The average molecular weight is 197 g/mol. The highest BCUT2D eigenvalue weighted by Crippen LogP contribution is 2.10. The predicted octanol–water partition coefficient (Wildman–Crippen LogP) is 0.509. The van der Waals surface area contributed by atoms with Gasteiger partial charge in [-0.1, -0.05) is 0 Å². The molecule has 0 saturated heterocycles. The molecule has 2 N–H and O–H groups in total. The first-order chi connectivity index (χ1) is 6.66. The second kappa shape index (κ2) is 5.12. The van der Waals surface area contributed by atoms with Crippen LogP contribution in [0.2, 0.25) is 0 Å². The lowest BCUT2D eigenvalue weighted by atomic mass is 10.2. The van der Waals surface area contributed by atoms with Gasteiger partial charge in [-0.3, -0.25) is 4.68 Å². The molecule has 14 heavy (non-hydrogen) atoms. The first kappa shape index (κ1) is 11.2. The van der Waals surface area contributed by atoms with E-state index in [0.717, 1.165) is 25.2 Å². The Morgan fingerprint density at radius 3 is 2.64 bits per heavy atom. The van der Waals surface area contributed by atoms with Gasteiger partial charge < -0.3 is 10.4 Å². The van der Waals surface area contributed by atoms with Crippen LogP contribution < -0.4 is 5.32 Å². The summed E-state index contributed by atoms with van der Waals surface area (Å²) in [6.07, 6.45) is 0.804. The van der Waals surface area contributed by atoms with Gasteiger partial charge in [-0.2, -0.15) is 5.10 Å². The third-order valence-corrected chi connectivity index (χ3v) is 2.47. The average Bonchev–Trinajstić information content (AvgIpc) is 2.38. The second-order valence-electron chi connectivity index (χ2n) is 3.53. The molecular weight excluding hydrogens is 178 g/mol. The van der Waals surface area contributed by atoms with Crippen molar-refractivity contribution in [2.24, 2.45) is 7.05 Å². The summed E-state index contributed by atoms with van der Waals surface area (Å²) in [5.74, 6) is 0. The van der Waals surface area contributed by atoms with Crippen LogP contribution in [0.25, 0.3) is 0 Å². The summed E-state index contributed by atoms with van der Waals surface area (Å²) in [5.41, 5.74) is 3.56. The molecule has 1 rings (SSSR count). The van der Waals surface area contributed by atoms with Gasteiger partial charge in [0.05, 0.1) is 5.69 Å². The minimum atomic E-state index is 0.248. The number of nitrogens with one attached hydrogen (secondary N) is 1. The summed E-state index contributed by atoms with van der Waals surface area (Å²) < 4.78 is 1.90. The highest BCUT2D eigenvalue weighted by Gasteiger charge is 2.07. The second-order valence-corrected chi connectivity index (χ2v) is 3.53. The first-order valence-electron chi connectivity index (χ1n) is 4.97. The number of rotatable bonds is 5. The molecule has 0 amide bonds. The molecule has 0 fully saturated rings. The van der Waals surface area contributed by atoms with E-state index in [4.69, 9.17) is 5.11 Å². The third-order valence-electron chi connectivity index (χ3n) is 2.47. The van der Waals surface area contributed by atoms with Crippen molar-refractivity contribution in [3.8, 4) is 0 Å². The zero-order valence-electron chi connectivity index (χ0n) is 9.17. The number of aliphatic hydroxyl groups is 1. The first-order valence-corrected chi connectivity index (χ1v) is 4.97. The molecule has 80 valence electrons. The fourth-order valence-corrected chi connectivity index (χ4v) is 1.49. The molecule has 0 aromatic carbocycles. The fourth-order valence-electron chi connectivity index (χ4n) is 1.49. The largest absolute Gasteiger partial charge is 0.396 e. The summed E-state index contributed by atoms with van der Waals surface area (Å²) in [6, 6.07) is 0. The zero-order valence-corrected chi connectivity index (χ0v) is 9.17. The van der Waals surface area contributed by atoms with Crippen LogP contribution in [0.3, 0.4) is 0 Å². The number of nitrogens with zero attached hydrogens (tertiary/aromatic N) is 2. The highest BCUT2D eigenvalue weighted by molar-refractivity contribution is 5.23. The molecule has 0 saturated carbocycles. The van der Waals surface area contributed by atoms with Crippen LogP contribution in [0.1, 0.15) is 23.4 Å². The van der Waals surface area contributed by atoms with Crippen molar-refractivity contribution in [2.45, 2.75) is 26.8 Å². The van der Waals surface area contributed by atoms with Gasteiger partial charge >= 0.3 is 0 Å². The Balaban J connectivity index is 2.49. The van der Waals surface area contributed by atoms with Crippen molar-refractivity contribution < 1.29 is 5.11 Å². The van der Waals surface area contributed by atoms with E-state index >= 15 is 0 Å². The van der Waals surface area contributed by atoms with Crippen molar-refractivity contribution >= 4 is 0 Å². The molecule has 0 spiro atoms. The van der Waals surface area contributed by atoms with Gasteiger partial charge in [0.1, 0.15) is 0 Å². The van der Waals surface area contributed by atoms with E-state index in [0.29, 0.717) is 0 Å². The Morgan fingerprint density at radius 1 is 1.43 bits per heavy atom. The molecule has 0 aliphatic heterocycles. The van der Waals surface area contributed by atoms with Gasteiger partial charge in [0.2, 0.25) is 0 Å². The van der Waals surface area contributed by atoms with Crippen LogP contribution in [0.4, 0.5) is 0 Å². The van der Waals surface area contributed by atoms with Crippen molar-refractivity contribution in [1.82, 2.24) is 15.1 Å². The molecule has 0 atom stereocenters. The van der Waals surface area contributed by atoms with E-state index in [1.54, 1.807) is 0 Å². The Labute approximate surface area is 84.9 Å². The molecule has 0 bridgehead atoms. The fraction of sp³-hybridized carbons (Fsp3) is 0.700. The lowest BCUT2D eigenvalue weighted by Gasteiger charge is -2.03. The van der Waals surface area contributed by atoms with Crippen molar-refractivity contribution in [1.29, 1.82) is 0 Å². The molecule has 1 heterocycles. The molecule has 0 radical (unpaired) electrons. The van der Waals surface area contributed by atoms with Crippen LogP contribution in [-0.2, 0) is 13.6 Å². The summed E-state index contributed by atoms with van der Waals surface area (Å²) in [4.78, 5) is 0. The Bertz CT molecular complexity index is 294. The number of aryl methyl sites for hydroxylation is 2. The predicted molar refractivity (Wildman–Crippen MR) is 56.1 cm³/mol. The zero-order chi connectivity index (χ0) is 10.6. The maximum Gasteiger partial charge on any atom is 0.0641 e. The van der Waals surface area contributed by atoms with E-state index in [1.165, 1.54) is 11.3 Å². The molecular formula is C10H19N3O. The van der Waals surface area contributed by atoms with Gasteiger partial charge in [-0.05, 0) is 26.8 Å². The van der Waals surface area contributed by atoms with E-state index < -0.39 is 0 Å². The van der Waals surface area contributed by atoms with Crippen LogP contribution in [-0.4, -0.2) is 28.0 Å². The molecule has 0 aliphatic carbocycles. The summed E-state index contributed by atoms with van der Waals surface area (Å²) in [6.45, 7) is 6.03. The number of aromatic nitrogens is 2.